The molecular formula is C11H7BrN2O4. The van der Waals surface area contributed by atoms with Gasteiger partial charge in [0.15, 0.2) is 10.4 Å². The van der Waals surface area contributed by atoms with Crippen LogP contribution in [0, 0.1) is 10.1 Å². The van der Waals surface area contributed by atoms with Crippen LogP contribution in [0.25, 0.3) is 0 Å². The molecule has 0 spiro atoms. The number of anilines is 1. The number of nitro benzene ring substituents is 1. The SMILES string of the molecule is O=C(Nc1ccccc1[N+](=O)[O-])c1ccc(Br)o1. The van der Waals surface area contributed by atoms with Crippen LogP contribution in [0.2, 0.25) is 0 Å². The molecule has 0 aliphatic heterocycles. The predicted molar refractivity (Wildman–Crippen MR) is 67.5 cm³/mol. The zero-order chi connectivity index (χ0) is 13.1. The van der Waals surface area contributed by atoms with Crippen LogP contribution in [0.4, 0.5) is 11.4 Å². The lowest BCUT2D eigenvalue weighted by Crippen LogP contribution is -2.12. The third-order valence-corrected chi connectivity index (χ3v) is 2.57. The predicted octanol–water partition coefficient (Wildman–Crippen LogP) is 3.20. The van der Waals surface area contributed by atoms with Crippen LogP contribution in [-0.4, -0.2) is 10.8 Å². The van der Waals surface area contributed by atoms with Crippen molar-refractivity contribution in [2.75, 3.05) is 5.32 Å². The van der Waals surface area contributed by atoms with Gasteiger partial charge in [-0.25, -0.2) is 0 Å². The standard InChI is InChI=1S/C11H7BrN2O4/c12-10-6-5-9(18-10)11(15)13-7-3-1-2-4-8(7)14(16)17/h1-6H,(H,13,15). The number of para-hydroxylation sites is 2. The Kier molecular flexibility index (Phi) is 3.42. The molecule has 0 saturated heterocycles. The van der Waals surface area contributed by atoms with Crippen LogP contribution >= 0.6 is 15.9 Å². The van der Waals surface area contributed by atoms with Crippen LogP contribution in [0.1, 0.15) is 10.6 Å². The van der Waals surface area contributed by atoms with E-state index in [1.54, 1.807) is 12.1 Å². The lowest BCUT2D eigenvalue weighted by Gasteiger charge is -2.03. The zero-order valence-electron chi connectivity index (χ0n) is 8.92. The van der Waals surface area contributed by atoms with Crippen LogP contribution in [-0.2, 0) is 0 Å². The quantitative estimate of drug-likeness (QED) is 0.696. The number of carbonyl (C=O) groups excluding carboxylic acids is 1. The van der Waals surface area contributed by atoms with Crippen molar-refractivity contribution in [3.63, 3.8) is 0 Å². The minimum atomic E-state index is -0.562. The summed E-state index contributed by atoms with van der Waals surface area (Å²) in [6.07, 6.45) is 0. The molecule has 6 nitrogen and oxygen atoms in total. The van der Waals surface area contributed by atoms with Crippen molar-refractivity contribution in [3.05, 3.63) is 56.9 Å². The zero-order valence-corrected chi connectivity index (χ0v) is 10.5. The van der Waals surface area contributed by atoms with Gasteiger partial charge in [-0.2, -0.15) is 0 Å². The Hall–Kier alpha value is -2.15. The van der Waals surface area contributed by atoms with Gasteiger partial charge in [-0.15, -0.1) is 0 Å². The van der Waals surface area contributed by atoms with E-state index in [2.05, 4.69) is 21.2 Å². The summed E-state index contributed by atoms with van der Waals surface area (Å²) in [4.78, 5) is 22.0. The summed E-state index contributed by atoms with van der Waals surface area (Å²) in [5.74, 6) is -0.477. The Labute approximate surface area is 110 Å². The normalized spacial score (nSPS) is 10.1. The van der Waals surface area contributed by atoms with Crippen molar-refractivity contribution in [1.29, 1.82) is 0 Å². The van der Waals surface area contributed by atoms with Crippen LogP contribution < -0.4 is 5.32 Å². The minimum Gasteiger partial charge on any atom is -0.444 e. The first kappa shape index (κ1) is 12.3. The number of amides is 1. The number of nitro groups is 1. The van der Waals surface area contributed by atoms with Gasteiger partial charge >= 0.3 is 0 Å². The van der Waals surface area contributed by atoms with Crippen LogP contribution in [0.3, 0.4) is 0 Å². The summed E-state index contributed by atoms with van der Waals surface area (Å²) in [5, 5.41) is 13.2. The van der Waals surface area contributed by atoms with E-state index in [4.69, 9.17) is 4.42 Å². The molecule has 0 aliphatic rings. The highest BCUT2D eigenvalue weighted by atomic mass is 79.9. The molecule has 2 rings (SSSR count). The number of carbonyl (C=O) groups is 1. The van der Waals surface area contributed by atoms with Gasteiger partial charge in [-0.05, 0) is 34.1 Å². The number of furan rings is 1. The van der Waals surface area contributed by atoms with Gasteiger partial charge in [0, 0.05) is 6.07 Å². The maximum absolute atomic E-state index is 11.8. The molecule has 0 fully saturated rings. The summed E-state index contributed by atoms with van der Waals surface area (Å²) >= 11 is 3.07. The van der Waals surface area contributed by atoms with Gasteiger partial charge < -0.3 is 9.73 Å². The maximum atomic E-state index is 11.8. The average Bonchev–Trinajstić information content (AvgIpc) is 2.76. The molecule has 1 N–H and O–H groups in total. The molecule has 1 amide bonds. The number of nitrogens with one attached hydrogen (secondary N) is 1. The number of halogens is 1. The molecule has 18 heavy (non-hydrogen) atoms. The summed E-state index contributed by atoms with van der Waals surface area (Å²) < 4.78 is 5.46. The molecule has 2 aromatic rings. The second-order valence-corrected chi connectivity index (χ2v) is 4.11. The minimum absolute atomic E-state index is 0.0695. The first-order valence-electron chi connectivity index (χ1n) is 4.88. The molecule has 0 bridgehead atoms. The number of hydrogen-bond donors (Lipinski definition) is 1. The van der Waals surface area contributed by atoms with Crippen molar-refractivity contribution < 1.29 is 14.1 Å². The third-order valence-electron chi connectivity index (χ3n) is 2.15. The summed E-state index contributed by atoms with van der Waals surface area (Å²) in [6, 6.07) is 8.92. The molecule has 92 valence electrons. The van der Waals surface area contributed by atoms with Gasteiger partial charge in [0.25, 0.3) is 11.6 Å². The second kappa shape index (κ2) is 5.01. The first-order chi connectivity index (χ1) is 8.58. The fraction of sp³-hybridized carbons (Fsp3) is 0. The molecule has 0 radical (unpaired) electrons. The van der Waals surface area contributed by atoms with E-state index >= 15 is 0 Å². The summed E-state index contributed by atoms with van der Waals surface area (Å²) in [7, 11) is 0. The summed E-state index contributed by atoms with van der Waals surface area (Å²) in [5.41, 5.74) is -0.0449. The van der Waals surface area contributed by atoms with E-state index in [9.17, 15) is 14.9 Å². The van der Waals surface area contributed by atoms with E-state index < -0.39 is 10.8 Å². The molecule has 0 aliphatic carbocycles. The van der Waals surface area contributed by atoms with Gasteiger partial charge in [-0.3, -0.25) is 14.9 Å². The molecule has 1 heterocycles. The fourth-order valence-corrected chi connectivity index (χ4v) is 1.67. The highest BCUT2D eigenvalue weighted by Gasteiger charge is 2.17. The molecule has 0 saturated carbocycles. The first-order valence-corrected chi connectivity index (χ1v) is 5.67. The topological polar surface area (TPSA) is 85.4 Å². The highest BCUT2D eigenvalue weighted by Crippen LogP contribution is 2.24. The van der Waals surface area contributed by atoms with Gasteiger partial charge in [0.05, 0.1) is 4.92 Å². The molecule has 0 unspecified atom stereocenters. The van der Waals surface area contributed by atoms with Gasteiger partial charge in [0.1, 0.15) is 5.69 Å². The monoisotopic (exact) mass is 310 g/mol. The average molecular weight is 311 g/mol. The van der Waals surface area contributed by atoms with Crippen LogP contribution in [0.5, 0.6) is 0 Å². The van der Waals surface area contributed by atoms with Gasteiger partial charge in [0.2, 0.25) is 0 Å². The van der Waals surface area contributed by atoms with E-state index in [1.165, 1.54) is 24.3 Å². The Balaban J connectivity index is 2.24. The largest absolute Gasteiger partial charge is 0.444 e. The third kappa shape index (κ3) is 2.57. The lowest BCUT2D eigenvalue weighted by molar-refractivity contribution is -0.383. The van der Waals surface area contributed by atoms with Crippen LogP contribution in [0.15, 0.2) is 45.5 Å². The van der Waals surface area contributed by atoms with E-state index in [1.807, 2.05) is 0 Å². The van der Waals surface area contributed by atoms with Gasteiger partial charge in [-0.1, -0.05) is 12.1 Å². The van der Waals surface area contributed by atoms with E-state index in [0.29, 0.717) is 4.67 Å². The second-order valence-electron chi connectivity index (χ2n) is 3.33. The number of hydrogen-bond acceptors (Lipinski definition) is 4. The molecule has 1 aromatic carbocycles. The molecule has 0 atom stereocenters. The maximum Gasteiger partial charge on any atom is 0.292 e. The molecule has 1 aromatic heterocycles. The van der Waals surface area contributed by atoms with Crippen molar-refractivity contribution >= 4 is 33.2 Å². The highest BCUT2D eigenvalue weighted by molar-refractivity contribution is 9.10. The Bertz CT molecular complexity index is 609. The summed E-state index contributed by atoms with van der Waals surface area (Å²) in [6.45, 7) is 0. The lowest BCUT2D eigenvalue weighted by atomic mass is 10.2. The molecule has 7 heteroatoms. The Morgan fingerprint density at radius 1 is 1.28 bits per heavy atom. The molecular weight excluding hydrogens is 304 g/mol. The number of nitrogens with zero attached hydrogens (tertiary/aromatic N) is 1. The smallest absolute Gasteiger partial charge is 0.292 e. The van der Waals surface area contributed by atoms with E-state index in [0.717, 1.165) is 0 Å². The Morgan fingerprint density at radius 2 is 2.00 bits per heavy atom. The van der Waals surface area contributed by atoms with Crippen molar-refractivity contribution in [1.82, 2.24) is 0 Å². The Morgan fingerprint density at radius 3 is 2.61 bits per heavy atom. The number of rotatable bonds is 3. The van der Waals surface area contributed by atoms with Crippen molar-refractivity contribution in [2.45, 2.75) is 0 Å². The van der Waals surface area contributed by atoms with Crippen molar-refractivity contribution in [3.8, 4) is 0 Å². The van der Waals surface area contributed by atoms with E-state index in [-0.39, 0.29) is 17.1 Å². The van der Waals surface area contributed by atoms with Crippen molar-refractivity contribution in [2.24, 2.45) is 0 Å². The number of benzene rings is 1. The fourth-order valence-electron chi connectivity index (χ4n) is 1.36.